The van der Waals surface area contributed by atoms with Crippen LogP contribution in [-0.4, -0.2) is 103 Å². The van der Waals surface area contributed by atoms with Crippen LogP contribution in [0, 0.1) is 0 Å². The maximum absolute atomic E-state index is 14.0. The fourth-order valence-corrected chi connectivity index (χ4v) is 6.03. The molecule has 4 heterocycles. The van der Waals surface area contributed by atoms with Gasteiger partial charge in [0, 0.05) is 58.1 Å². The quantitative estimate of drug-likeness (QED) is 0.588. The molecule has 5 rings (SSSR count). The molecule has 12 heteroatoms. The van der Waals surface area contributed by atoms with Gasteiger partial charge in [0.2, 0.25) is 17.7 Å². The Labute approximate surface area is 221 Å². The Morgan fingerprint density at radius 1 is 1.13 bits per heavy atom. The minimum atomic E-state index is -3.32. The van der Waals surface area contributed by atoms with Crippen LogP contribution in [0.2, 0.25) is 0 Å². The maximum atomic E-state index is 14.0. The van der Waals surface area contributed by atoms with Crippen LogP contribution in [0.25, 0.3) is 0 Å². The van der Waals surface area contributed by atoms with E-state index in [2.05, 4.69) is 10.3 Å². The highest BCUT2D eigenvalue weighted by molar-refractivity contribution is 7.90. The van der Waals surface area contributed by atoms with Gasteiger partial charge in [-0.2, -0.15) is 0 Å². The van der Waals surface area contributed by atoms with E-state index >= 15 is 0 Å². The molecule has 0 spiro atoms. The van der Waals surface area contributed by atoms with E-state index in [0.717, 1.165) is 11.8 Å². The molecular weight excluding hydrogens is 510 g/mol. The number of hydrogen-bond acceptors (Lipinski definition) is 8. The van der Waals surface area contributed by atoms with Gasteiger partial charge in [0.1, 0.15) is 12.2 Å². The van der Waals surface area contributed by atoms with Gasteiger partial charge in [-0.15, -0.1) is 0 Å². The molecule has 0 radical (unpaired) electrons. The summed E-state index contributed by atoms with van der Waals surface area (Å²) in [6, 6.07) is 8.80. The third-order valence-electron chi connectivity index (χ3n) is 7.40. The molecule has 2 fully saturated rings. The molecule has 11 nitrogen and oxygen atoms in total. The molecule has 2 saturated heterocycles. The second kappa shape index (κ2) is 10.3. The van der Waals surface area contributed by atoms with E-state index in [0.29, 0.717) is 44.7 Å². The van der Waals surface area contributed by atoms with E-state index in [-0.39, 0.29) is 41.1 Å². The zero-order valence-electron chi connectivity index (χ0n) is 21.4. The minimum absolute atomic E-state index is 0.0683. The van der Waals surface area contributed by atoms with Gasteiger partial charge in [-0.1, -0.05) is 12.1 Å². The predicted octanol–water partition coefficient (Wildman–Crippen LogP) is 0.310. The number of nitrogens with one attached hydrogen (secondary N) is 1. The Morgan fingerprint density at radius 2 is 1.89 bits per heavy atom. The third kappa shape index (κ3) is 5.37. The van der Waals surface area contributed by atoms with Crippen molar-refractivity contribution in [3.8, 4) is 5.88 Å². The Morgan fingerprint density at radius 3 is 2.61 bits per heavy atom. The molecule has 1 N–H and O–H groups in total. The first-order chi connectivity index (χ1) is 18.1. The molecule has 0 saturated carbocycles. The lowest BCUT2D eigenvalue weighted by molar-refractivity contribution is -0.146. The lowest BCUT2D eigenvalue weighted by Gasteiger charge is -2.42. The van der Waals surface area contributed by atoms with Crippen molar-refractivity contribution in [3.63, 3.8) is 0 Å². The van der Waals surface area contributed by atoms with E-state index < -0.39 is 21.9 Å². The molecule has 0 aliphatic carbocycles. The van der Waals surface area contributed by atoms with Gasteiger partial charge in [-0.25, -0.2) is 13.4 Å². The number of ether oxygens (including phenoxy) is 1. The molecule has 3 aliphatic rings. The second-order valence-corrected chi connectivity index (χ2v) is 12.1. The number of fused-ring (bicyclic) bond motifs is 4. The van der Waals surface area contributed by atoms with Gasteiger partial charge < -0.3 is 19.9 Å². The van der Waals surface area contributed by atoms with Crippen molar-refractivity contribution >= 4 is 27.6 Å². The van der Waals surface area contributed by atoms with Crippen molar-refractivity contribution in [2.75, 3.05) is 39.0 Å². The molecule has 38 heavy (non-hydrogen) atoms. The number of piperazine rings is 1. The summed E-state index contributed by atoms with van der Waals surface area (Å²) < 4.78 is 29.7. The van der Waals surface area contributed by atoms with Crippen LogP contribution < -0.4 is 10.1 Å². The number of nitrogens with zero attached hydrogens (tertiary/aromatic N) is 4. The number of carbonyl (C=O) groups excluding carboxylic acids is 3. The van der Waals surface area contributed by atoms with Crippen molar-refractivity contribution in [1.82, 2.24) is 25.0 Å². The lowest BCUT2D eigenvalue weighted by atomic mass is 10.1. The van der Waals surface area contributed by atoms with Crippen molar-refractivity contribution in [3.05, 3.63) is 53.7 Å². The summed E-state index contributed by atoms with van der Waals surface area (Å²) in [5, 5.41) is 3.04. The highest BCUT2D eigenvalue weighted by Crippen LogP contribution is 2.27. The van der Waals surface area contributed by atoms with Gasteiger partial charge in [-0.3, -0.25) is 19.3 Å². The number of carbonyl (C=O) groups is 3. The van der Waals surface area contributed by atoms with Gasteiger partial charge in [0.15, 0.2) is 9.84 Å². The normalized spacial score (nSPS) is 24.4. The summed E-state index contributed by atoms with van der Waals surface area (Å²) in [5.41, 5.74) is 1.18. The topological polar surface area (TPSA) is 129 Å². The predicted molar refractivity (Wildman–Crippen MR) is 137 cm³/mol. The van der Waals surface area contributed by atoms with Crippen LogP contribution >= 0.6 is 0 Å². The minimum Gasteiger partial charge on any atom is -0.475 e. The zero-order valence-corrected chi connectivity index (χ0v) is 22.2. The molecule has 3 atom stereocenters. The number of hydrogen-bond donors (Lipinski definition) is 1. The van der Waals surface area contributed by atoms with Crippen molar-refractivity contribution in [2.24, 2.45) is 0 Å². The summed E-state index contributed by atoms with van der Waals surface area (Å²) in [5.74, 6) is -0.278. The highest BCUT2D eigenvalue weighted by Gasteiger charge is 2.43. The Kier molecular flexibility index (Phi) is 7.10. The van der Waals surface area contributed by atoms with Crippen molar-refractivity contribution in [1.29, 1.82) is 0 Å². The van der Waals surface area contributed by atoms with Crippen LogP contribution in [0.5, 0.6) is 5.88 Å². The Hall–Kier alpha value is -3.51. The molecular formula is C26H31N5O6S. The number of amides is 3. The van der Waals surface area contributed by atoms with E-state index in [1.807, 2.05) is 4.90 Å². The second-order valence-electron chi connectivity index (χ2n) is 10.1. The van der Waals surface area contributed by atoms with Crippen molar-refractivity contribution in [2.45, 2.75) is 42.9 Å². The average molecular weight is 542 g/mol. The van der Waals surface area contributed by atoms with Crippen LogP contribution in [0.4, 0.5) is 0 Å². The molecule has 202 valence electrons. The first-order valence-corrected chi connectivity index (χ1v) is 14.5. The summed E-state index contributed by atoms with van der Waals surface area (Å²) >= 11 is 0. The standard InChI is InChI=1S/C26H31N5O6S/c1-17(32)29-10-11-31-20(15-29)16-37-25-22(4-3-9-27-25)24(33)28-19-12-23(26(31)34)30(14-19)13-18-5-7-21(8-6-18)38(2,35)36/h3-9,19-20,23H,10-16H2,1-2H3,(H,28,33)/t19-,20+,23+/m1/s1. The fourth-order valence-electron chi connectivity index (χ4n) is 5.40. The number of sulfone groups is 1. The van der Waals surface area contributed by atoms with Crippen LogP contribution in [-0.2, 0) is 26.0 Å². The number of likely N-dealkylation sites (tertiary alicyclic amines) is 1. The third-order valence-corrected chi connectivity index (χ3v) is 8.53. The fraction of sp³-hybridized carbons (Fsp3) is 0.462. The van der Waals surface area contributed by atoms with Gasteiger partial charge in [-0.05, 0) is 36.2 Å². The van der Waals surface area contributed by atoms with E-state index in [1.165, 1.54) is 6.92 Å². The molecule has 0 unspecified atom stereocenters. The van der Waals surface area contributed by atoms with Crippen LogP contribution in [0.1, 0.15) is 29.3 Å². The highest BCUT2D eigenvalue weighted by atomic mass is 32.2. The van der Waals surface area contributed by atoms with E-state index in [4.69, 9.17) is 4.74 Å². The van der Waals surface area contributed by atoms with Gasteiger partial charge in [0.25, 0.3) is 5.91 Å². The Balaban J connectivity index is 1.46. The van der Waals surface area contributed by atoms with E-state index in [1.54, 1.807) is 52.4 Å². The summed E-state index contributed by atoms with van der Waals surface area (Å²) in [7, 11) is -3.32. The van der Waals surface area contributed by atoms with Gasteiger partial charge in [0.05, 0.1) is 17.0 Å². The lowest BCUT2D eigenvalue weighted by Crippen LogP contribution is -2.61. The maximum Gasteiger partial charge on any atom is 0.257 e. The molecule has 1 aromatic heterocycles. The average Bonchev–Trinajstić information content (AvgIpc) is 3.28. The smallest absolute Gasteiger partial charge is 0.257 e. The largest absolute Gasteiger partial charge is 0.475 e. The van der Waals surface area contributed by atoms with Crippen LogP contribution in [0.15, 0.2) is 47.5 Å². The Bertz CT molecular complexity index is 1350. The summed E-state index contributed by atoms with van der Waals surface area (Å²) in [6.07, 6.45) is 3.14. The van der Waals surface area contributed by atoms with Gasteiger partial charge >= 0.3 is 0 Å². The molecule has 3 amide bonds. The van der Waals surface area contributed by atoms with Crippen molar-refractivity contribution < 1.29 is 27.5 Å². The SMILES string of the molecule is CC(=O)N1CCN2C(=O)[C@@H]3C[C@H](CN3Cc3ccc(S(C)(=O)=O)cc3)NC(=O)c3cccnc3OC[C@@H]2C1. The summed E-state index contributed by atoms with van der Waals surface area (Å²) in [4.78, 5) is 49.2. The number of benzene rings is 1. The monoisotopic (exact) mass is 541 g/mol. The first-order valence-electron chi connectivity index (χ1n) is 12.6. The number of pyridine rings is 1. The first kappa shape index (κ1) is 26.1. The summed E-state index contributed by atoms with van der Waals surface area (Å²) in [6.45, 7) is 3.62. The number of aromatic nitrogens is 1. The molecule has 1 aromatic carbocycles. The molecule has 3 aliphatic heterocycles. The zero-order chi connectivity index (χ0) is 27.0. The number of rotatable bonds is 3. The van der Waals surface area contributed by atoms with E-state index in [9.17, 15) is 22.8 Å². The molecule has 2 aromatic rings. The van der Waals surface area contributed by atoms with Crippen LogP contribution in [0.3, 0.4) is 0 Å². The molecule has 2 bridgehead atoms.